The van der Waals surface area contributed by atoms with Crippen LogP contribution in [-0.4, -0.2) is 19.4 Å². The first-order valence-corrected chi connectivity index (χ1v) is 4.98. The zero-order valence-electron chi connectivity index (χ0n) is 8.41. The third-order valence-electron chi connectivity index (χ3n) is 2.76. The molecule has 0 amide bonds. The Kier molecular flexibility index (Phi) is 4.06. The molecule has 0 unspecified atom stereocenters. The van der Waals surface area contributed by atoms with E-state index in [-0.39, 0.29) is 6.10 Å². The van der Waals surface area contributed by atoms with Crippen molar-refractivity contribution in [3.63, 3.8) is 0 Å². The molecule has 1 fully saturated rings. The van der Waals surface area contributed by atoms with Crippen LogP contribution in [0.25, 0.3) is 0 Å². The summed E-state index contributed by atoms with van der Waals surface area (Å²) in [5.74, 6) is 0.535. The van der Waals surface area contributed by atoms with E-state index in [9.17, 15) is 4.79 Å². The van der Waals surface area contributed by atoms with Crippen molar-refractivity contribution < 1.29 is 14.3 Å². The van der Waals surface area contributed by atoms with E-state index < -0.39 is 6.16 Å². The van der Waals surface area contributed by atoms with Gasteiger partial charge in [-0.25, -0.2) is 4.79 Å². The quantitative estimate of drug-likeness (QED) is 0.622. The van der Waals surface area contributed by atoms with Gasteiger partial charge in [-0.05, 0) is 25.7 Å². The van der Waals surface area contributed by atoms with Crippen LogP contribution in [0.1, 0.15) is 39.0 Å². The second kappa shape index (κ2) is 5.10. The second-order valence-corrected chi connectivity index (χ2v) is 3.68. The van der Waals surface area contributed by atoms with E-state index in [1.54, 1.807) is 0 Å². The zero-order valence-corrected chi connectivity index (χ0v) is 8.41. The maximum Gasteiger partial charge on any atom is 0.508 e. The summed E-state index contributed by atoms with van der Waals surface area (Å²) in [7, 11) is 1.34. The smallest absolute Gasteiger partial charge is 0.438 e. The lowest BCUT2D eigenvalue weighted by Crippen LogP contribution is -2.25. The topological polar surface area (TPSA) is 35.5 Å². The standard InChI is InChI=1S/C10H18O3/c1-8(13-10(11)12-2)9-6-4-3-5-7-9/h8-9H,3-7H2,1-2H3/t8-/m1/s1. The Morgan fingerprint density at radius 2 is 1.92 bits per heavy atom. The molecule has 1 aliphatic carbocycles. The van der Waals surface area contributed by atoms with Crippen LogP contribution in [0.3, 0.4) is 0 Å². The Bertz CT molecular complexity index is 162. The summed E-state index contributed by atoms with van der Waals surface area (Å²) >= 11 is 0. The second-order valence-electron chi connectivity index (χ2n) is 3.68. The molecule has 76 valence electrons. The average molecular weight is 186 g/mol. The monoisotopic (exact) mass is 186 g/mol. The lowest BCUT2D eigenvalue weighted by atomic mass is 9.86. The molecule has 1 aliphatic rings. The van der Waals surface area contributed by atoms with Crippen molar-refractivity contribution in [2.45, 2.75) is 45.1 Å². The first kappa shape index (κ1) is 10.4. The summed E-state index contributed by atoms with van der Waals surface area (Å²) < 4.78 is 9.53. The van der Waals surface area contributed by atoms with Crippen molar-refractivity contribution in [3.8, 4) is 0 Å². The largest absolute Gasteiger partial charge is 0.508 e. The molecular formula is C10H18O3. The number of hydrogen-bond acceptors (Lipinski definition) is 3. The minimum atomic E-state index is -0.557. The third kappa shape index (κ3) is 3.25. The van der Waals surface area contributed by atoms with Crippen LogP contribution in [0.4, 0.5) is 4.79 Å². The van der Waals surface area contributed by atoms with Crippen LogP contribution in [0.15, 0.2) is 0 Å². The normalized spacial score (nSPS) is 20.8. The number of methoxy groups -OCH3 is 1. The predicted molar refractivity (Wildman–Crippen MR) is 49.5 cm³/mol. The van der Waals surface area contributed by atoms with E-state index in [2.05, 4.69) is 4.74 Å². The summed E-state index contributed by atoms with van der Waals surface area (Å²) in [5, 5.41) is 0. The number of rotatable bonds is 2. The molecule has 0 aliphatic heterocycles. The van der Waals surface area contributed by atoms with Crippen LogP contribution >= 0.6 is 0 Å². The fourth-order valence-electron chi connectivity index (χ4n) is 1.90. The molecule has 0 N–H and O–H groups in total. The summed E-state index contributed by atoms with van der Waals surface area (Å²) in [6.07, 6.45) is 5.66. The van der Waals surface area contributed by atoms with Crippen LogP contribution in [0.2, 0.25) is 0 Å². The first-order valence-electron chi connectivity index (χ1n) is 4.98. The minimum absolute atomic E-state index is 0.00718. The van der Waals surface area contributed by atoms with Gasteiger partial charge in [0.05, 0.1) is 7.11 Å². The van der Waals surface area contributed by atoms with Gasteiger partial charge in [0.15, 0.2) is 0 Å². The minimum Gasteiger partial charge on any atom is -0.438 e. The Morgan fingerprint density at radius 3 is 2.46 bits per heavy atom. The third-order valence-corrected chi connectivity index (χ3v) is 2.76. The van der Waals surface area contributed by atoms with Gasteiger partial charge in [-0.15, -0.1) is 0 Å². The first-order chi connectivity index (χ1) is 6.24. The van der Waals surface area contributed by atoms with Crippen LogP contribution < -0.4 is 0 Å². The fraction of sp³-hybridized carbons (Fsp3) is 0.900. The summed E-state index contributed by atoms with van der Waals surface area (Å²) in [6.45, 7) is 1.95. The van der Waals surface area contributed by atoms with Crippen LogP contribution in [-0.2, 0) is 9.47 Å². The number of carbonyl (C=O) groups excluding carboxylic acids is 1. The Morgan fingerprint density at radius 1 is 1.31 bits per heavy atom. The Hall–Kier alpha value is -0.730. The lowest BCUT2D eigenvalue weighted by Gasteiger charge is -2.26. The van der Waals surface area contributed by atoms with Gasteiger partial charge in [0.1, 0.15) is 6.10 Å². The zero-order chi connectivity index (χ0) is 9.68. The maximum atomic E-state index is 10.8. The van der Waals surface area contributed by atoms with Gasteiger partial charge in [0, 0.05) is 0 Å². The van der Waals surface area contributed by atoms with E-state index in [4.69, 9.17) is 4.74 Å². The van der Waals surface area contributed by atoms with Crippen molar-refractivity contribution in [1.82, 2.24) is 0 Å². The molecule has 0 radical (unpaired) electrons. The summed E-state index contributed by atoms with van der Waals surface area (Å²) in [5.41, 5.74) is 0. The molecule has 0 aromatic heterocycles. The van der Waals surface area contributed by atoms with Gasteiger partial charge in [-0.2, -0.15) is 0 Å². The highest BCUT2D eigenvalue weighted by atomic mass is 16.7. The number of carbonyl (C=O) groups is 1. The van der Waals surface area contributed by atoms with E-state index in [1.165, 1.54) is 39.2 Å². The molecule has 0 aromatic carbocycles. The summed E-state index contributed by atoms with van der Waals surface area (Å²) in [4.78, 5) is 10.8. The Balaban J connectivity index is 2.28. The van der Waals surface area contributed by atoms with E-state index in [1.807, 2.05) is 6.92 Å². The van der Waals surface area contributed by atoms with Crippen molar-refractivity contribution in [2.75, 3.05) is 7.11 Å². The summed E-state index contributed by atoms with van der Waals surface area (Å²) in [6, 6.07) is 0. The molecule has 0 heterocycles. The van der Waals surface area contributed by atoms with Crippen molar-refractivity contribution >= 4 is 6.16 Å². The van der Waals surface area contributed by atoms with Gasteiger partial charge in [0.25, 0.3) is 0 Å². The van der Waals surface area contributed by atoms with E-state index in [0.29, 0.717) is 5.92 Å². The molecule has 1 atom stereocenters. The highest BCUT2D eigenvalue weighted by Gasteiger charge is 2.23. The lowest BCUT2D eigenvalue weighted by molar-refractivity contribution is 0.0133. The molecule has 0 aromatic rings. The number of ether oxygens (including phenoxy) is 2. The molecule has 13 heavy (non-hydrogen) atoms. The Labute approximate surface area is 79.4 Å². The van der Waals surface area contributed by atoms with Crippen LogP contribution in [0.5, 0.6) is 0 Å². The molecule has 0 bridgehead atoms. The van der Waals surface area contributed by atoms with Crippen molar-refractivity contribution in [1.29, 1.82) is 0 Å². The van der Waals surface area contributed by atoms with Gasteiger partial charge < -0.3 is 9.47 Å². The van der Waals surface area contributed by atoms with Gasteiger partial charge in [-0.1, -0.05) is 19.3 Å². The SMILES string of the molecule is COC(=O)O[C@H](C)C1CCCCC1. The molecule has 1 rings (SSSR count). The van der Waals surface area contributed by atoms with Gasteiger partial charge in [-0.3, -0.25) is 0 Å². The van der Waals surface area contributed by atoms with E-state index >= 15 is 0 Å². The molecule has 3 nitrogen and oxygen atoms in total. The fourth-order valence-corrected chi connectivity index (χ4v) is 1.90. The van der Waals surface area contributed by atoms with E-state index in [0.717, 1.165) is 0 Å². The van der Waals surface area contributed by atoms with Gasteiger partial charge in [0.2, 0.25) is 0 Å². The number of hydrogen-bond donors (Lipinski definition) is 0. The molecule has 3 heteroatoms. The van der Waals surface area contributed by atoms with Crippen LogP contribution in [0, 0.1) is 5.92 Å². The average Bonchev–Trinajstić information content (AvgIpc) is 2.19. The highest BCUT2D eigenvalue weighted by molar-refractivity contribution is 5.59. The highest BCUT2D eigenvalue weighted by Crippen LogP contribution is 2.27. The van der Waals surface area contributed by atoms with Gasteiger partial charge >= 0.3 is 6.16 Å². The molecular weight excluding hydrogens is 168 g/mol. The van der Waals surface area contributed by atoms with Crippen molar-refractivity contribution in [3.05, 3.63) is 0 Å². The molecule has 1 saturated carbocycles. The molecule has 0 saturated heterocycles. The van der Waals surface area contributed by atoms with Crippen molar-refractivity contribution in [2.24, 2.45) is 5.92 Å². The molecule has 0 spiro atoms. The predicted octanol–water partition coefficient (Wildman–Crippen LogP) is 2.74. The maximum absolute atomic E-state index is 10.8.